The first-order valence-corrected chi connectivity index (χ1v) is 4.80. The van der Waals surface area contributed by atoms with Gasteiger partial charge in [-0.25, -0.2) is 0 Å². The number of hydrogen-bond donors (Lipinski definition) is 3. The summed E-state index contributed by atoms with van der Waals surface area (Å²) in [6.45, 7) is 4.19. The molecule has 1 aromatic carbocycles. The molecule has 0 saturated carbocycles. The third-order valence-corrected chi connectivity index (χ3v) is 2.22. The Balaban J connectivity index is 2.65. The summed E-state index contributed by atoms with van der Waals surface area (Å²) in [6, 6.07) is 5.11. The maximum Gasteiger partial charge on any atom is 0.322 e. The molecular weight excluding hydrogens is 192 g/mol. The maximum atomic E-state index is 10.5. The van der Waals surface area contributed by atoms with Crippen LogP contribution < -0.4 is 11.1 Å². The number of nitrogens with one attached hydrogen (secondary N) is 1. The number of aliphatic carboxylic acids is 1. The molecule has 15 heavy (non-hydrogen) atoms. The molecule has 0 saturated heterocycles. The summed E-state index contributed by atoms with van der Waals surface area (Å²) in [7, 11) is 0. The zero-order valence-corrected chi connectivity index (χ0v) is 8.95. The van der Waals surface area contributed by atoms with E-state index in [2.05, 4.69) is 5.32 Å². The van der Waals surface area contributed by atoms with Crippen LogP contribution in [0.1, 0.15) is 11.1 Å². The van der Waals surface area contributed by atoms with Gasteiger partial charge in [-0.15, -0.1) is 0 Å². The van der Waals surface area contributed by atoms with Crippen molar-refractivity contribution in [2.45, 2.75) is 19.9 Å². The van der Waals surface area contributed by atoms with Crippen LogP contribution in [-0.2, 0) is 4.79 Å². The van der Waals surface area contributed by atoms with Crippen LogP contribution >= 0.6 is 0 Å². The van der Waals surface area contributed by atoms with Crippen LogP contribution in [0.25, 0.3) is 0 Å². The summed E-state index contributed by atoms with van der Waals surface area (Å²) in [6.07, 6.45) is 0. The molecule has 0 spiro atoms. The number of aryl methyl sites for hydroxylation is 2. The van der Waals surface area contributed by atoms with Crippen LogP contribution in [0.4, 0.5) is 5.69 Å². The Hall–Kier alpha value is -1.55. The first-order chi connectivity index (χ1) is 7.00. The highest BCUT2D eigenvalue weighted by atomic mass is 16.4. The minimum atomic E-state index is -0.993. The molecule has 0 amide bonds. The molecule has 0 aromatic heterocycles. The van der Waals surface area contributed by atoms with E-state index in [0.717, 1.165) is 16.8 Å². The van der Waals surface area contributed by atoms with Crippen LogP contribution in [0.3, 0.4) is 0 Å². The fourth-order valence-electron chi connectivity index (χ4n) is 1.23. The van der Waals surface area contributed by atoms with Crippen molar-refractivity contribution >= 4 is 11.7 Å². The van der Waals surface area contributed by atoms with Gasteiger partial charge in [-0.2, -0.15) is 0 Å². The third kappa shape index (κ3) is 3.25. The Labute approximate surface area is 89.1 Å². The first-order valence-electron chi connectivity index (χ1n) is 4.80. The lowest BCUT2D eigenvalue weighted by molar-refractivity contribution is -0.138. The summed E-state index contributed by atoms with van der Waals surface area (Å²) >= 11 is 0. The first kappa shape index (κ1) is 11.5. The van der Waals surface area contributed by atoms with Crippen molar-refractivity contribution in [3.8, 4) is 0 Å². The molecule has 0 radical (unpaired) electrons. The minimum Gasteiger partial charge on any atom is -0.480 e. The molecule has 0 aliphatic carbocycles. The molecule has 82 valence electrons. The summed E-state index contributed by atoms with van der Waals surface area (Å²) in [5.74, 6) is -0.993. The topological polar surface area (TPSA) is 75.3 Å². The predicted molar refractivity (Wildman–Crippen MR) is 60.0 cm³/mol. The van der Waals surface area contributed by atoms with Crippen LogP contribution in [0.5, 0.6) is 0 Å². The molecule has 0 bridgehead atoms. The van der Waals surface area contributed by atoms with E-state index in [-0.39, 0.29) is 6.54 Å². The average molecular weight is 208 g/mol. The van der Waals surface area contributed by atoms with Gasteiger partial charge in [0.15, 0.2) is 0 Å². The molecule has 1 aromatic rings. The number of benzene rings is 1. The van der Waals surface area contributed by atoms with Crippen molar-refractivity contribution in [1.29, 1.82) is 0 Å². The van der Waals surface area contributed by atoms with E-state index in [0.29, 0.717) is 0 Å². The number of carboxylic acids is 1. The predicted octanol–water partition coefficient (Wildman–Crippen LogP) is 1.13. The van der Waals surface area contributed by atoms with E-state index in [1.165, 1.54) is 0 Å². The molecule has 4 N–H and O–H groups in total. The molecule has 4 nitrogen and oxygen atoms in total. The second kappa shape index (κ2) is 4.79. The highest BCUT2D eigenvalue weighted by molar-refractivity contribution is 5.74. The fraction of sp³-hybridized carbons (Fsp3) is 0.364. The average Bonchev–Trinajstić information content (AvgIpc) is 2.18. The van der Waals surface area contributed by atoms with E-state index in [1.807, 2.05) is 32.0 Å². The minimum absolute atomic E-state index is 0.236. The Morgan fingerprint density at radius 3 is 2.80 bits per heavy atom. The smallest absolute Gasteiger partial charge is 0.322 e. The van der Waals surface area contributed by atoms with Crippen LogP contribution in [0, 0.1) is 13.8 Å². The SMILES string of the molecule is Cc1ccc(C)c(NCC(N)C(=O)O)c1. The lowest BCUT2D eigenvalue weighted by atomic mass is 10.1. The van der Waals surface area contributed by atoms with Crippen molar-refractivity contribution < 1.29 is 9.90 Å². The van der Waals surface area contributed by atoms with Gasteiger partial charge < -0.3 is 16.2 Å². The van der Waals surface area contributed by atoms with Gasteiger partial charge >= 0.3 is 5.97 Å². The summed E-state index contributed by atoms with van der Waals surface area (Å²) in [4.78, 5) is 10.5. The van der Waals surface area contributed by atoms with Crippen molar-refractivity contribution in [1.82, 2.24) is 0 Å². The quantitative estimate of drug-likeness (QED) is 0.693. The van der Waals surface area contributed by atoms with Crippen LogP contribution in [0.2, 0.25) is 0 Å². The van der Waals surface area contributed by atoms with Gasteiger partial charge in [0, 0.05) is 12.2 Å². The lowest BCUT2D eigenvalue weighted by Gasteiger charge is -2.12. The molecule has 0 heterocycles. The summed E-state index contributed by atoms with van der Waals surface area (Å²) in [5, 5.41) is 11.6. The Morgan fingerprint density at radius 2 is 2.20 bits per heavy atom. The maximum absolute atomic E-state index is 10.5. The molecular formula is C11H16N2O2. The van der Waals surface area contributed by atoms with Gasteiger partial charge in [0.1, 0.15) is 6.04 Å². The molecule has 1 atom stereocenters. The largest absolute Gasteiger partial charge is 0.480 e. The Kier molecular flexibility index (Phi) is 3.68. The number of anilines is 1. The second-order valence-corrected chi connectivity index (χ2v) is 3.64. The number of nitrogens with two attached hydrogens (primary N) is 1. The van der Waals surface area contributed by atoms with Gasteiger partial charge in [0.05, 0.1) is 0 Å². The molecule has 4 heteroatoms. The van der Waals surface area contributed by atoms with Gasteiger partial charge in [0.25, 0.3) is 0 Å². The zero-order chi connectivity index (χ0) is 11.4. The van der Waals surface area contributed by atoms with E-state index >= 15 is 0 Å². The van der Waals surface area contributed by atoms with E-state index in [9.17, 15) is 4.79 Å². The molecule has 1 unspecified atom stereocenters. The van der Waals surface area contributed by atoms with Gasteiger partial charge in [-0.3, -0.25) is 4.79 Å². The highest BCUT2D eigenvalue weighted by Crippen LogP contribution is 2.15. The number of carbonyl (C=O) groups is 1. The van der Waals surface area contributed by atoms with Gasteiger partial charge in [-0.05, 0) is 31.0 Å². The van der Waals surface area contributed by atoms with E-state index in [1.54, 1.807) is 0 Å². The third-order valence-electron chi connectivity index (χ3n) is 2.22. The molecule has 0 aliphatic heterocycles. The van der Waals surface area contributed by atoms with Crippen LogP contribution in [-0.4, -0.2) is 23.7 Å². The second-order valence-electron chi connectivity index (χ2n) is 3.64. The van der Waals surface area contributed by atoms with Crippen molar-refractivity contribution in [2.24, 2.45) is 5.73 Å². The Morgan fingerprint density at radius 1 is 1.53 bits per heavy atom. The van der Waals surface area contributed by atoms with E-state index < -0.39 is 12.0 Å². The highest BCUT2D eigenvalue weighted by Gasteiger charge is 2.10. The van der Waals surface area contributed by atoms with Crippen molar-refractivity contribution in [2.75, 3.05) is 11.9 Å². The lowest BCUT2D eigenvalue weighted by Crippen LogP contribution is -2.37. The van der Waals surface area contributed by atoms with Gasteiger partial charge in [0.2, 0.25) is 0 Å². The Bertz CT molecular complexity index is 364. The van der Waals surface area contributed by atoms with Gasteiger partial charge in [-0.1, -0.05) is 12.1 Å². The molecule has 0 fully saturated rings. The normalized spacial score (nSPS) is 12.2. The summed E-state index contributed by atoms with van der Waals surface area (Å²) < 4.78 is 0. The van der Waals surface area contributed by atoms with E-state index in [4.69, 9.17) is 10.8 Å². The molecule has 1 rings (SSSR count). The fourth-order valence-corrected chi connectivity index (χ4v) is 1.23. The standard InChI is InChI=1S/C11H16N2O2/c1-7-3-4-8(2)10(5-7)13-6-9(12)11(14)15/h3-5,9,13H,6,12H2,1-2H3,(H,14,15). The number of hydrogen-bond acceptors (Lipinski definition) is 3. The van der Waals surface area contributed by atoms with Crippen molar-refractivity contribution in [3.05, 3.63) is 29.3 Å². The zero-order valence-electron chi connectivity index (χ0n) is 8.95. The number of rotatable bonds is 4. The molecule has 0 aliphatic rings. The van der Waals surface area contributed by atoms with Crippen LogP contribution in [0.15, 0.2) is 18.2 Å². The monoisotopic (exact) mass is 208 g/mol. The summed E-state index contributed by atoms with van der Waals surface area (Å²) in [5.41, 5.74) is 8.54. The number of carboxylic acid groups (broad SMARTS) is 1. The van der Waals surface area contributed by atoms with Crippen molar-refractivity contribution in [3.63, 3.8) is 0 Å².